The maximum absolute atomic E-state index is 13.7. The van der Waals surface area contributed by atoms with Crippen molar-refractivity contribution in [2.45, 2.75) is 83.4 Å². The lowest BCUT2D eigenvalue weighted by atomic mass is 9.67. The Morgan fingerprint density at radius 3 is 1.69 bits per heavy atom. The molecule has 0 aromatic carbocycles. The minimum atomic E-state index is -4.61. The molecule has 0 radical (unpaired) electrons. The van der Waals surface area contributed by atoms with Crippen LogP contribution in [-0.2, 0) is 4.74 Å². The molecule has 1 heterocycles. The molecule has 0 N–H and O–H groups in total. The Kier molecular flexibility index (Phi) is 6.68. The van der Waals surface area contributed by atoms with Crippen LogP contribution >= 0.6 is 0 Å². The van der Waals surface area contributed by atoms with Crippen molar-refractivity contribution in [3.63, 3.8) is 0 Å². The molecule has 0 spiro atoms. The predicted molar refractivity (Wildman–Crippen MR) is 94.3 cm³/mol. The van der Waals surface area contributed by atoms with Gasteiger partial charge in [-0.3, -0.25) is 0 Å². The Hall–Kier alpha value is -0.580. The monoisotopic (exact) mass is 376 g/mol. The van der Waals surface area contributed by atoms with Gasteiger partial charge in [0, 0.05) is 0 Å². The molecule has 1 aliphatic heterocycles. The molecule has 1 saturated heterocycles. The summed E-state index contributed by atoms with van der Waals surface area (Å²) in [5.41, 5.74) is 0. The average Bonchev–Trinajstić information content (AvgIpc) is 2.61. The van der Waals surface area contributed by atoms with Crippen molar-refractivity contribution in [2.24, 2.45) is 29.6 Å². The van der Waals surface area contributed by atoms with Gasteiger partial charge < -0.3 is 4.74 Å². The smallest absolute Gasteiger partial charge is 0.371 e. The van der Waals surface area contributed by atoms with Gasteiger partial charge in [-0.25, -0.2) is 4.39 Å². The molecule has 0 amide bonds. The SMILES string of the molecule is CC1CCC(C2CCC(C3CCC(/C(F)=C/C(F)(F)F)OC3)CC2)CC1. The molecule has 150 valence electrons. The van der Waals surface area contributed by atoms with Gasteiger partial charge >= 0.3 is 6.18 Å². The van der Waals surface area contributed by atoms with Crippen LogP contribution in [0, 0.1) is 29.6 Å². The van der Waals surface area contributed by atoms with Crippen LogP contribution in [0.2, 0.25) is 0 Å². The van der Waals surface area contributed by atoms with E-state index in [1.807, 2.05) is 0 Å². The number of halogens is 4. The molecular weight excluding hydrogens is 344 g/mol. The van der Waals surface area contributed by atoms with E-state index in [1.165, 1.54) is 51.4 Å². The molecule has 2 aliphatic carbocycles. The summed E-state index contributed by atoms with van der Waals surface area (Å²) in [7, 11) is 0. The summed E-state index contributed by atoms with van der Waals surface area (Å²) in [5.74, 6) is 2.47. The predicted octanol–water partition coefficient (Wildman–Crippen LogP) is 6.83. The maximum Gasteiger partial charge on any atom is 0.412 e. The average molecular weight is 376 g/mol. The zero-order valence-corrected chi connectivity index (χ0v) is 15.7. The van der Waals surface area contributed by atoms with E-state index in [0.29, 0.717) is 24.9 Å². The van der Waals surface area contributed by atoms with Crippen molar-refractivity contribution in [3.05, 3.63) is 11.9 Å². The van der Waals surface area contributed by atoms with E-state index >= 15 is 0 Å². The largest absolute Gasteiger partial charge is 0.412 e. The molecule has 0 aromatic rings. The Balaban J connectivity index is 1.42. The first-order valence-electron chi connectivity index (χ1n) is 10.4. The first kappa shape index (κ1) is 20.2. The van der Waals surface area contributed by atoms with Crippen molar-refractivity contribution in [3.8, 4) is 0 Å². The van der Waals surface area contributed by atoms with Gasteiger partial charge in [0.15, 0.2) is 0 Å². The molecule has 2 atom stereocenters. The highest BCUT2D eigenvalue weighted by Crippen LogP contribution is 2.44. The Bertz CT molecular complexity index is 463. The summed E-state index contributed by atoms with van der Waals surface area (Å²) < 4.78 is 55.9. The van der Waals surface area contributed by atoms with Gasteiger partial charge in [0.2, 0.25) is 0 Å². The molecule has 3 aliphatic rings. The Labute approximate surface area is 154 Å². The minimum absolute atomic E-state index is 0.256. The molecule has 5 heteroatoms. The highest BCUT2D eigenvalue weighted by molar-refractivity contribution is 5.04. The summed E-state index contributed by atoms with van der Waals surface area (Å²) in [4.78, 5) is 0. The lowest BCUT2D eigenvalue weighted by Crippen LogP contribution is -2.34. The van der Waals surface area contributed by atoms with Gasteiger partial charge in [0.1, 0.15) is 11.9 Å². The van der Waals surface area contributed by atoms with Gasteiger partial charge in [0.05, 0.1) is 12.7 Å². The van der Waals surface area contributed by atoms with Crippen LogP contribution in [0.25, 0.3) is 0 Å². The lowest BCUT2D eigenvalue weighted by Gasteiger charge is -2.41. The quantitative estimate of drug-likeness (QED) is 0.491. The number of hydrogen-bond acceptors (Lipinski definition) is 1. The van der Waals surface area contributed by atoms with Crippen LogP contribution in [0.1, 0.15) is 71.1 Å². The fourth-order valence-corrected chi connectivity index (χ4v) is 5.46. The molecule has 26 heavy (non-hydrogen) atoms. The van der Waals surface area contributed by atoms with Crippen LogP contribution in [-0.4, -0.2) is 18.9 Å². The van der Waals surface area contributed by atoms with E-state index in [-0.39, 0.29) is 6.08 Å². The fraction of sp³-hybridized carbons (Fsp3) is 0.905. The molecule has 1 nitrogen and oxygen atoms in total. The summed E-state index contributed by atoms with van der Waals surface area (Å²) in [6.45, 7) is 2.76. The topological polar surface area (TPSA) is 9.23 Å². The number of ether oxygens (including phenoxy) is 1. The van der Waals surface area contributed by atoms with Crippen LogP contribution in [0.15, 0.2) is 11.9 Å². The second-order valence-electron chi connectivity index (χ2n) is 8.93. The van der Waals surface area contributed by atoms with Crippen LogP contribution in [0.3, 0.4) is 0 Å². The van der Waals surface area contributed by atoms with Gasteiger partial charge in [-0.15, -0.1) is 0 Å². The van der Waals surface area contributed by atoms with Crippen LogP contribution in [0.4, 0.5) is 17.6 Å². The standard InChI is InChI=1S/C21H32F4O/c1-14-2-4-15(5-3-14)16-6-8-17(9-7-16)18-10-11-20(26-13-18)19(22)12-21(23,24)25/h12,14-18,20H,2-11,13H2,1H3/b19-12-. The van der Waals surface area contributed by atoms with Gasteiger partial charge in [-0.1, -0.05) is 19.8 Å². The Morgan fingerprint density at radius 1 is 0.769 bits per heavy atom. The summed E-state index contributed by atoms with van der Waals surface area (Å²) >= 11 is 0. The maximum atomic E-state index is 13.7. The van der Waals surface area contributed by atoms with E-state index in [9.17, 15) is 17.6 Å². The van der Waals surface area contributed by atoms with E-state index in [4.69, 9.17) is 4.74 Å². The molecule has 0 aromatic heterocycles. The van der Waals surface area contributed by atoms with Gasteiger partial charge in [-0.2, -0.15) is 13.2 Å². The third-order valence-corrected chi connectivity index (χ3v) is 7.13. The number of allylic oxidation sites excluding steroid dienone is 1. The minimum Gasteiger partial charge on any atom is -0.371 e. The third kappa shape index (κ3) is 5.46. The summed E-state index contributed by atoms with van der Waals surface area (Å²) in [6.07, 6.45) is 5.76. The molecule has 0 bridgehead atoms. The number of hydrogen-bond donors (Lipinski definition) is 0. The van der Waals surface area contributed by atoms with Crippen molar-refractivity contribution >= 4 is 0 Å². The lowest BCUT2D eigenvalue weighted by molar-refractivity contribution is -0.0856. The second-order valence-corrected chi connectivity index (χ2v) is 8.93. The van der Waals surface area contributed by atoms with Crippen molar-refractivity contribution in [1.82, 2.24) is 0 Å². The molecular formula is C21H32F4O. The van der Waals surface area contributed by atoms with Crippen LogP contribution < -0.4 is 0 Å². The zero-order valence-electron chi connectivity index (χ0n) is 15.7. The first-order valence-corrected chi connectivity index (χ1v) is 10.4. The number of rotatable bonds is 3. The van der Waals surface area contributed by atoms with E-state index in [2.05, 4.69) is 6.92 Å². The van der Waals surface area contributed by atoms with Gasteiger partial charge in [0.25, 0.3) is 0 Å². The van der Waals surface area contributed by atoms with Gasteiger partial charge in [-0.05, 0) is 81.0 Å². The summed E-state index contributed by atoms with van der Waals surface area (Å²) in [6, 6.07) is 0. The second kappa shape index (κ2) is 8.62. The normalized spacial score (nSPS) is 40.4. The van der Waals surface area contributed by atoms with Crippen molar-refractivity contribution in [2.75, 3.05) is 6.61 Å². The molecule has 3 rings (SSSR count). The highest BCUT2D eigenvalue weighted by Gasteiger charge is 2.36. The fourth-order valence-electron chi connectivity index (χ4n) is 5.46. The van der Waals surface area contributed by atoms with Crippen LogP contribution in [0.5, 0.6) is 0 Å². The third-order valence-electron chi connectivity index (χ3n) is 7.13. The van der Waals surface area contributed by atoms with Crippen molar-refractivity contribution in [1.29, 1.82) is 0 Å². The molecule has 2 saturated carbocycles. The van der Waals surface area contributed by atoms with Crippen molar-refractivity contribution < 1.29 is 22.3 Å². The summed E-state index contributed by atoms with van der Waals surface area (Å²) in [5, 5.41) is 0. The van der Waals surface area contributed by atoms with E-state index in [0.717, 1.165) is 24.2 Å². The van der Waals surface area contributed by atoms with E-state index < -0.39 is 18.1 Å². The molecule has 2 unspecified atom stereocenters. The Morgan fingerprint density at radius 2 is 1.23 bits per heavy atom. The highest BCUT2D eigenvalue weighted by atomic mass is 19.4. The first-order chi connectivity index (χ1) is 12.3. The number of alkyl halides is 3. The molecule has 3 fully saturated rings. The zero-order chi connectivity index (χ0) is 18.7. The van der Waals surface area contributed by atoms with E-state index in [1.54, 1.807) is 0 Å².